The first-order valence-corrected chi connectivity index (χ1v) is 10.9. The van der Waals surface area contributed by atoms with Crippen LogP contribution in [0.3, 0.4) is 0 Å². The van der Waals surface area contributed by atoms with Gasteiger partial charge in [-0.15, -0.1) is 0 Å². The summed E-state index contributed by atoms with van der Waals surface area (Å²) < 4.78 is 12.8. The second kappa shape index (κ2) is 10.4. The van der Waals surface area contributed by atoms with Crippen LogP contribution in [0.1, 0.15) is 15.9 Å². The number of rotatable bonds is 8. The van der Waals surface area contributed by atoms with Crippen LogP contribution in [-0.4, -0.2) is 66.4 Å². The van der Waals surface area contributed by atoms with Crippen LogP contribution in [0.5, 0.6) is 5.75 Å². The Morgan fingerprint density at radius 2 is 1.97 bits per heavy atom. The fourth-order valence-corrected chi connectivity index (χ4v) is 3.80. The van der Waals surface area contributed by atoms with E-state index in [1.165, 1.54) is 0 Å². The second-order valence-corrected chi connectivity index (χ2v) is 7.76. The van der Waals surface area contributed by atoms with Gasteiger partial charge < -0.3 is 19.4 Å². The molecule has 1 saturated heterocycles. The lowest BCUT2D eigenvalue weighted by Crippen LogP contribution is -2.40. The average Bonchev–Trinajstić information content (AvgIpc) is 2.82. The van der Waals surface area contributed by atoms with Crippen LogP contribution in [0.4, 0.5) is 0 Å². The molecule has 0 unspecified atom stereocenters. The highest BCUT2D eigenvalue weighted by molar-refractivity contribution is 5.95. The van der Waals surface area contributed by atoms with Gasteiger partial charge in [-0.05, 0) is 30.7 Å². The van der Waals surface area contributed by atoms with Gasteiger partial charge >= 0.3 is 0 Å². The number of pyridine rings is 2. The van der Waals surface area contributed by atoms with Crippen LogP contribution in [0, 0.1) is 6.92 Å². The predicted molar refractivity (Wildman–Crippen MR) is 122 cm³/mol. The maximum absolute atomic E-state index is 12.9. The Kier molecular flexibility index (Phi) is 7.14. The van der Waals surface area contributed by atoms with Gasteiger partial charge in [0, 0.05) is 44.0 Å². The number of aryl methyl sites for hydroxylation is 1. The van der Waals surface area contributed by atoms with Crippen LogP contribution in [0.15, 0.2) is 53.6 Å². The van der Waals surface area contributed by atoms with E-state index in [4.69, 9.17) is 9.47 Å². The third kappa shape index (κ3) is 5.15. The number of nitrogens with zero attached hydrogens (tertiary/aromatic N) is 3. The summed E-state index contributed by atoms with van der Waals surface area (Å²) in [5.41, 5.74) is 1.36. The van der Waals surface area contributed by atoms with E-state index in [1.54, 1.807) is 23.9 Å². The first-order chi connectivity index (χ1) is 15.6. The number of para-hydroxylation sites is 1. The van der Waals surface area contributed by atoms with Gasteiger partial charge in [0.1, 0.15) is 23.4 Å². The van der Waals surface area contributed by atoms with Crippen molar-refractivity contribution in [2.75, 3.05) is 46.0 Å². The van der Waals surface area contributed by atoms with E-state index in [1.807, 2.05) is 36.4 Å². The van der Waals surface area contributed by atoms with E-state index < -0.39 is 0 Å². The highest BCUT2D eigenvalue weighted by Crippen LogP contribution is 2.22. The van der Waals surface area contributed by atoms with Gasteiger partial charge in [-0.3, -0.25) is 19.5 Å². The molecule has 0 saturated carbocycles. The number of hydrogen-bond acceptors (Lipinski definition) is 6. The number of fused-ring (bicyclic) bond motifs is 1. The van der Waals surface area contributed by atoms with Crippen molar-refractivity contribution in [2.24, 2.45) is 0 Å². The smallest absolute Gasteiger partial charge is 0.263 e. The van der Waals surface area contributed by atoms with Crippen molar-refractivity contribution >= 4 is 16.8 Å². The average molecular weight is 437 g/mol. The van der Waals surface area contributed by atoms with Gasteiger partial charge in [0.05, 0.1) is 19.8 Å². The first-order valence-electron chi connectivity index (χ1n) is 10.9. The second-order valence-electron chi connectivity index (χ2n) is 7.76. The Hall–Kier alpha value is -3.23. The van der Waals surface area contributed by atoms with Gasteiger partial charge in [0.15, 0.2) is 0 Å². The van der Waals surface area contributed by atoms with Crippen molar-refractivity contribution in [3.8, 4) is 5.75 Å². The molecule has 4 rings (SSSR count). The third-order valence-electron chi connectivity index (χ3n) is 5.60. The van der Waals surface area contributed by atoms with Crippen molar-refractivity contribution in [2.45, 2.75) is 13.5 Å². The third-order valence-corrected chi connectivity index (χ3v) is 5.60. The molecule has 3 heterocycles. The molecule has 0 bridgehead atoms. The Balaban J connectivity index is 1.34. The summed E-state index contributed by atoms with van der Waals surface area (Å²) >= 11 is 0. The number of hydrogen-bond donors (Lipinski definition) is 1. The molecule has 1 fully saturated rings. The molecular weight excluding hydrogens is 408 g/mol. The minimum absolute atomic E-state index is 0.182. The molecule has 8 nitrogen and oxygen atoms in total. The minimum Gasteiger partial charge on any atom is -0.489 e. The van der Waals surface area contributed by atoms with Crippen molar-refractivity contribution in [1.82, 2.24) is 19.8 Å². The minimum atomic E-state index is -0.382. The van der Waals surface area contributed by atoms with E-state index in [2.05, 4.69) is 15.2 Å². The summed E-state index contributed by atoms with van der Waals surface area (Å²) in [4.78, 5) is 32.3. The number of amides is 1. The molecule has 0 spiro atoms. The summed E-state index contributed by atoms with van der Waals surface area (Å²) in [6.45, 7) is 6.78. The molecular formula is C24H28N4O4. The number of benzene rings is 1. The molecule has 0 aliphatic carbocycles. The molecule has 8 heteroatoms. The SMILES string of the molecule is Cc1ccn(CCN2CCOCC2)c(=O)c1C(=O)NCCOc1cccc2cccnc12. The Morgan fingerprint density at radius 3 is 2.81 bits per heavy atom. The fourth-order valence-electron chi connectivity index (χ4n) is 3.80. The normalized spacial score (nSPS) is 14.4. The van der Waals surface area contributed by atoms with Gasteiger partial charge in [0.25, 0.3) is 11.5 Å². The molecule has 1 N–H and O–H groups in total. The summed E-state index contributed by atoms with van der Waals surface area (Å²) in [5.74, 6) is 0.284. The quantitative estimate of drug-likeness (QED) is 0.543. The Morgan fingerprint density at radius 1 is 1.16 bits per heavy atom. The van der Waals surface area contributed by atoms with E-state index >= 15 is 0 Å². The molecule has 0 atom stereocenters. The summed E-state index contributed by atoms with van der Waals surface area (Å²) in [5, 5.41) is 3.80. The van der Waals surface area contributed by atoms with E-state index in [0.29, 0.717) is 31.1 Å². The molecule has 3 aromatic rings. The van der Waals surface area contributed by atoms with Gasteiger partial charge in [-0.2, -0.15) is 0 Å². The zero-order chi connectivity index (χ0) is 22.3. The predicted octanol–water partition coefficient (Wildman–Crippen LogP) is 1.85. The molecule has 2 aromatic heterocycles. The molecule has 32 heavy (non-hydrogen) atoms. The van der Waals surface area contributed by atoms with Crippen molar-refractivity contribution in [1.29, 1.82) is 0 Å². The Labute approximate surface area is 186 Å². The number of carbonyl (C=O) groups excluding carboxylic acids is 1. The summed E-state index contributed by atoms with van der Waals surface area (Å²) in [7, 11) is 0. The lowest BCUT2D eigenvalue weighted by atomic mass is 10.1. The topological polar surface area (TPSA) is 85.7 Å². The molecule has 1 aliphatic heterocycles. The van der Waals surface area contributed by atoms with Gasteiger partial charge in [-0.1, -0.05) is 18.2 Å². The van der Waals surface area contributed by atoms with Crippen molar-refractivity contribution < 1.29 is 14.3 Å². The van der Waals surface area contributed by atoms with Crippen LogP contribution in [0.25, 0.3) is 10.9 Å². The molecule has 1 amide bonds. The molecule has 168 valence electrons. The summed E-state index contributed by atoms with van der Waals surface area (Å²) in [6.07, 6.45) is 3.48. The first kappa shape index (κ1) is 22.0. The number of carbonyl (C=O) groups is 1. The van der Waals surface area contributed by atoms with Crippen LogP contribution < -0.4 is 15.6 Å². The van der Waals surface area contributed by atoms with Crippen LogP contribution in [-0.2, 0) is 11.3 Å². The standard InChI is InChI=1S/C24H28N4O4/c1-18-7-10-28(12-11-27-13-16-31-17-14-27)24(30)21(18)23(29)26-9-15-32-20-6-2-4-19-5-3-8-25-22(19)20/h2-8,10H,9,11-17H2,1H3,(H,26,29). The van der Waals surface area contributed by atoms with E-state index in [9.17, 15) is 9.59 Å². The summed E-state index contributed by atoms with van der Waals surface area (Å²) in [6, 6.07) is 11.4. The number of ether oxygens (including phenoxy) is 2. The Bertz CT molecular complexity index is 1130. The fraction of sp³-hybridized carbons (Fsp3) is 0.375. The van der Waals surface area contributed by atoms with Crippen molar-refractivity contribution in [3.05, 3.63) is 70.3 Å². The highest BCUT2D eigenvalue weighted by atomic mass is 16.5. The lowest BCUT2D eigenvalue weighted by molar-refractivity contribution is 0.0362. The molecule has 1 aliphatic rings. The maximum Gasteiger partial charge on any atom is 0.263 e. The van der Waals surface area contributed by atoms with Crippen molar-refractivity contribution in [3.63, 3.8) is 0 Å². The number of morpholine rings is 1. The zero-order valence-electron chi connectivity index (χ0n) is 18.3. The maximum atomic E-state index is 12.9. The molecule has 0 radical (unpaired) electrons. The van der Waals surface area contributed by atoms with E-state index in [-0.39, 0.29) is 30.2 Å². The van der Waals surface area contributed by atoms with Gasteiger partial charge in [-0.25, -0.2) is 0 Å². The van der Waals surface area contributed by atoms with Crippen LogP contribution in [0.2, 0.25) is 0 Å². The lowest BCUT2D eigenvalue weighted by Gasteiger charge is -2.26. The monoisotopic (exact) mass is 436 g/mol. The number of aromatic nitrogens is 2. The largest absolute Gasteiger partial charge is 0.489 e. The van der Waals surface area contributed by atoms with Gasteiger partial charge in [0.2, 0.25) is 0 Å². The van der Waals surface area contributed by atoms with E-state index in [0.717, 1.165) is 30.5 Å². The highest BCUT2D eigenvalue weighted by Gasteiger charge is 2.17. The zero-order valence-corrected chi connectivity index (χ0v) is 18.3. The number of nitrogens with one attached hydrogen (secondary N) is 1. The van der Waals surface area contributed by atoms with Crippen LogP contribution >= 0.6 is 0 Å². The molecule has 1 aromatic carbocycles.